The van der Waals surface area contributed by atoms with Gasteiger partial charge in [0, 0.05) is 18.5 Å². The molecule has 0 aromatic heterocycles. The van der Waals surface area contributed by atoms with Gasteiger partial charge in [-0.25, -0.2) is 0 Å². The van der Waals surface area contributed by atoms with Gasteiger partial charge in [-0.1, -0.05) is 12.1 Å². The summed E-state index contributed by atoms with van der Waals surface area (Å²) < 4.78 is 0. The van der Waals surface area contributed by atoms with E-state index in [0.29, 0.717) is 18.4 Å². The van der Waals surface area contributed by atoms with Gasteiger partial charge in [0.15, 0.2) is 0 Å². The Morgan fingerprint density at radius 3 is 2.50 bits per heavy atom. The molecular formula is C14H19N3O. The molecular weight excluding hydrogens is 226 g/mol. The van der Waals surface area contributed by atoms with E-state index in [1.54, 1.807) is 12.1 Å². The third-order valence-corrected chi connectivity index (χ3v) is 2.48. The highest BCUT2D eigenvalue weighted by atomic mass is 16.1. The van der Waals surface area contributed by atoms with Crippen molar-refractivity contribution in [2.24, 2.45) is 5.73 Å². The van der Waals surface area contributed by atoms with Gasteiger partial charge in [0.1, 0.15) is 0 Å². The predicted molar refractivity (Wildman–Crippen MR) is 70.7 cm³/mol. The molecule has 0 bridgehead atoms. The molecule has 18 heavy (non-hydrogen) atoms. The Kier molecular flexibility index (Phi) is 5.34. The second-order valence-electron chi connectivity index (χ2n) is 4.70. The lowest BCUT2D eigenvalue weighted by atomic mass is 10.0. The quantitative estimate of drug-likeness (QED) is 0.821. The van der Waals surface area contributed by atoms with Crippen LogP contribution in [-0.4, -0.2) is 18.0 Å². The second-order valence-corrected chi connectivity index (χ2v) is 4.70. The zero-order valence-corrected chi connectivity index (χ0v) is 10.8. The summed E-state index contributed by atoms with van der Waals surface area (Å²) in [6.45, 7) is 3.84. The van der Waals surface area contributed by atoms with Crippen LogP contribution in [0, 0.1) is 11.3 Å². The average Bonchev–Trinajstić information content (AvgIpc) is 2.28. The van der Waals surface area contributed by atoms with E-state index in [4.69, 9.17) is 11.0 Å². The molecule has 0 spiro atoms. The lowest BCUT2D eigenvalue weighted by molar-refractivity contribution is -0.121. The van der Waals surface area contributed by atoms with E-state index in [-0.39, 0.29) is 18.0 Å². The Morgan fingerprint density at radius 2 is 2.00 bits per heavy atom. The molecule has 1 amide bonds. The number of carbonyl (C=O) groups is 1. The van der Waals surface area contributed by atoms with Crippen molar-refractivity contribution in [2.75, 3.05) is 0 Å². The van der Waals surface area contributed by atoms with Gasteiger partial charge in [-0.3, -0.25) is 4.79 Å². The number of nitriles is 1. The van der Waals surface area contributed by atoms with E-state index < -0.39 is 0 Å². The van der Waals surface area contributed by atoms with Gasteiger partial charge in [-0.05, 0) is 38.0 Å². The standard InChI is InChI=1S/C14H19N3O/c1-10(2)17-14(18)8-13(16)7-11-3-5-12(9-15)6-4-11/h3-6,10,13H,7-8,16H2,1-2H3,(H,17,18)/t13-/m1/s1. The summed E-state index contributed by atoms with van der Waals surface area (Å²) in [6.07, 6.45) is 0.954. The Labute approximate surface area is 108 Å². The molecule has 4 nitrogen and oxygen atoms in total. The maximum Gasteiger partial charge on any atom is 0.221 e. The van der Waals surface area contributed by atoms with Crippen LogP contribution in [0.25, 0.3) is 0 Å². The van der Waals surface area contributed by atoms with E-state index in [9.17, 15) is 4.79 Å². The normalized spacial score (nSPS) is 11.9. The number of hydrogen-bond donors (Lipinski definition) is 2. The fourth-order valence-electron chi connectivity index (χ4n) is 1.71. The number of hydrogen-bond acceptors (Lipinski definition) is 3. The molecule has 0 heterocycles. The fourth-order valence-corrected chi connectivity index (χ4v) is 1.71. The van der Waals surface area contributed by atoms with Crippen molar-refractivity contribution in [1.29, 1.82) is 5.26 Å². The second kappa shape index (κ2) is 6.77. The molecule has 0 radical (unpaired) electrons. The van der Waals surface area contributed by atoms with Gasteiger partial charge in [-0.15, -0.1) is 0 Å². The summed E-state index contributed by atoms with van der Waals surface area (Å²) in [5.41, 5.74) is 7.60. The summed E-state index contributed by atoms with van der Waals surface area (Å²) in [7, 11) is 0. The molecule has 0 aliphatic rings. The molecule has 0 aliphatic carbocycles. The van der Waals surface area contributed by atoms with Crippen LogP contribution in [0.15, 0.2) is 24.3 Å². The first-order valence-electron chi connectivity index (χ1n) is 6.05. The first-order valence-corrected chi connectivity index (χ1v) is 6.05. The van der Waals surface area contributed by atoms with Gasteiger partial charge in [-0.2, -0.15) is 5.26 Å². The number of amides is 1. The maximum atomic E-state index is 11.5. The molecule has 1 aromatic carbocycles. The van der Waals surface area contributed by atoms with Gasteiger partial charge in [0.05, 0.1) is 11.6 Å². The van der Waals surface area contributed by atoms with Crippen LogP contribution in [0.5, 0.6) is 0 Å². The lowest BCUT2D eigenvalue weighted by Crippen LogP contribution is -2.36. The number of nitrogens with two attached hydrogens (primary N) is 1. The number of benzene rings is 1. The topological polar surface area (TPSA) is 78.9 Å². The average molecular weight is 245 g/mol. The summed E-state index contributed by atoms with van der Waals surface area (Å²) in [5, 5.41) is 11.5. The molecule has 1 atom stereocenters. The van der Waals surface area contributed by atoms with Crippen LogP contribution in [0.3, 0.4) is 0 Å². The molecule has 0 fully saturated rings. The van der Waals surface area contributed by atoms with Crippen LogP contribution < -0.4 is 11.1 Å². The highest BCUT2D eigenvalue weighted by Crippen LogP contribution is 2.07. The third kappa shape index (κ3) is 4.98. The Hall–Kier alpha value is -1.86. The van der Waals surface area contributed by atoms with Crippen LogP contribution in [-0.2, 0) is 11.2 Å². The highest BCUT2D eigenvalue weighted by Gasteiger charge is 2.11. The largest absolute Gasteiger partial charge is 0.354 e. The molecule has 96 valence electrons. The lowest BCUT2D eigenvalue weighted by Gasteiger charge is -2.13. The minimum atomic E-state index is -0.198. The minimum Gasteiger partial charge on any atom is -0.354 e. The van der Waals surface area contributed by atoms with Crippen molar-refractivity contribution < 1.29 is 4.79 Å². The van der Waals surface area contributed by atoms with E-state index in [1.807, 2.05) is 26.0 Å². The van der Waals surface area contributed by atoms with Gasteiger partial charge >= 0.3 is 0 Å². The Balaban J connectivity index is 2.46. The van der Waals surface area contributed by atoms with Gasteiger partial charge < -0.3 is 11.1 Å². The van der Waals surface area contributed by atoms with Gasteiger partial charge in [0.25, 0.3) is 0 Å². The number of nitrogens with one attached hydrogen (secondary N) is 1. The van der Waals surface area contributed by atoms with E-state index >= 15 is 0 Å². The first kappa shape index (κ1) is 14.2. The number of carbonyl (C=O) groups excluding carboxylic acids is 1. The molecule has 1 rings (SSSR count). The predicted octanol–water partition coefficient (Wildman–Crippen LogP) is 1.34. The van der Waals surface area contributed by atoms with Crippen molar-refractivity contribution >= 4 is 5.91 Å². The van der Waals surface area contributed by atoms with E-state index in [2.05, 4.69) is 11.4 Å². The highest BCUT2D eigenvalue weighted by molar-refractivity contribution is 5.76. The Morgan fingerprint density at radius 1 is 1.39 bits per heavy atom. The minimum absolute atomic E-state index is 0.0221. The monoisotopic (exact) mass is 245 g/mol. The van der Waals surface area contributed by atoms with E-state index in [0.717, 1.165) is 5.56 Å². The maximum absolute atomic E-state index is 11.5. The molecule has 4 heteroatoms. The van der Waals surface area contributed by atoms with Crippen LogP contribution in [0.1, 0.15) is 31.4 Å². The molecule has 1 aromatic rings. The SMILES string of the molecule is CC(C)NC(=O)C[C@H](N)Cc1ccc(C#N)cc1. The molecule has 0 aliphatic heterocycles. The Bertz CT molecular complexity index is 431. The van der Waals surface area contributed by atoms with Crippen molar-refractivity contribution in [3.05, 3.63) is 35.4 Å². The van der Waals surface area contributed by atoms with Gasteiger partial charge in [0.2, 0.25) is 5.91 Å². The van der Waals surface area contributed by atoms with Crippen molar-refractivity contribution in [1.82, 2.24) is 5.32 Å². The summed E-state index contributed by atoms with van der Waals surface area (Å²) in [5.74, 6) is -0.0221. The van der Waals surface area contributed by atoms with Crippen molar-refractivity contribution in [3.8, 4) is 6.07 Å². The summed E-state index contributed by atoms with van der Waals surface area (Å²) >= 11 is 0. The van der Waals surface area contributed by atoms with Crippen LogP contribution >= 0.6 is 0 Å². The number of rotatable bonds is 5. The molecule has 0 saturated carbocycles. The van der Waals surface area contributed by atoms with Crippen LogP contribution in [0.2, 0.25) is 0 Å². The third-order valence-electron chi connectivity index (χ3n) is 2.48. The van der Waals surface area contributed by atoms with Crippen LogP contribution in [0.4, 0.5) is 0 Å². The molecule has 3 N–H and O–H groups in total. The summed E-state index contributed by atoms with van der Waals surface area (Å²) in [6, 6.07) is 9.27. The zero-order valence-electron chi connectivity index (χ0n) is 10.8. The van der Waals surface area contributed by atoms with E-state index in [1.165, 1.54) is 0 Å². The fraction of sp³-hybridized carbons (Fsp3) is 0.429. The van der Waals surface area contributed by atoms with Crippen molar-refractivity contribution in [3.63, 3.8) is 0 Å². The molecule has 0 saturated heterocycles. The number of nitrogens with zero attached hydrogens (tertiary/aromatic N) is 1. The smallest absolute Gasteiger partial charge is 0.221 e. The summed E-state index contributed by atoms with van der Waals surface area (Å²) in [4.78, 5) is 11.5. The first-order chi connectivity index (χ1) is 8.51. The zero-order chi connectivity index (χ0) is 13.5. The van der Waals surface area contributed by atoms with Crippen molar-refractivity contribution in [2.45, 2.75) is 38.8 Å². The molecule has 0 unspecified atom stereocenters.